The van der Waals surface area contributed by atoms with Crippen molar-refractivity contribution in [1.29, 1.82) is 0 Å². The van der Waals surface area contributed by atoms with Gasteiger partial charge < -0.3 is 15.2 Å². The van der Waals surface area contributed by atoms with E-state index in [1.165, 1.54) is 0 Å². The minimum absolute atomic E-state index is 0.0547. The molecule has 1 amide bonds. The Labute approximate surface area is 124 Å². The molecule has 2 fully saturated rings. The number of aryl methyl sites for hydroxylation is 1. The molecule has 4 heteroatoms. The number of aliphatic hydroxyl groups excluding tert-OH is 1. The second kappa shape index (κ2) is 5.88. The van der Waals surface area contributed by atoms with Crippen molar-refractivity contribution < 1.29 is 14.6 Å². The zero-order valence-electron chi connectivity index (χ0n) is 12.1. The first-order valence-corrected chi connectivity index (χ1v) is 7.34. The molecule has 2 N–H and O–H groups in total. The largest absolute Gasteiger partial charge is 0.384 e. The first-order chi connectivity index (χ1) is 10.2. The molecular formula is C17H19NO3. The summed E-state index contributed by atoms with van der Waals surface area (Å²) in [7, 11) is 0. The summed E-state index contributed by atoms with van der Waals surface area (Å²) in [6.07, 6.45) is 3.61. The molecule has 1 aromatic carbocycles. The first-order valence-electron chi connectivity index (χ1n) is 7.34. The lowest BCUT2D eigenvalue weighted by molar-refractivity contribution is 0.0841. The second-order valence-electron chi connectivity index (χ2n) is 5.68. The standard InChI is InChI=1S/C17H19NO3/c1-11-9-13(5-4-12(11)3-2-8-19)17(20)18-15-10-14-6-7-16(15)21-14/h4-5,9,14-16,19H,6-8,10H2,1H3,(H,18,20). The number of aliphatic hydroxyl groups is 1. The molecule has 0 spiro atoms. The molecule has 1 aromatic rings. The maximum absolute atomic E-state index is 12.3. The highest BCUT2D eigenvalue weighted by molar-refractivity contribution is 5.94. The van der Waals surface area contributed by atoms with Crippen molar-refractivity contribution in [1.82, 2.24) is 5.32 Å². The Balaban J connectivity index is 1.69. The number of benzene rings is 1. The molecule has 3 atom stereocenters. The van der Waals surface area contributed by atoms with E-state index in [4.69, 9.17) is 9.84 Å². The number of rotatable bonds is 2. The lowest BCUT2D eigenvalue weighted by atomic mass is 9.95. The van der Waals surface area contributed by atoms with E-state index < -0.39 is 0 Å². The van der Waals surface area contributed by atoms with E-state index in [1.54, 1.807) is 6.07 Å². The third-order valence-electron chi connectivity index (χ3n) is 4.21. The highest BCUT2D eigenvalue weighted by Gasteiger charge is 2.41. The SMILES string of the molecule is Cc1cc(C(=O)NC2CC3CCC2O3)ccc1C#CCO. The number of fused-ring (bicyclic) bond motifs is 2. The summed E-state index contributed by atoms with van der Waals surface area (Å²) in [5.41, 5.74) is 2.42. The molecule has 0 radical (unpaired) electrons. The summed E-state index contributed by atoms with van der Waals surface area (Å²) >= 11 is 0. The lowest BCUT2D eigenvalue weighted by Crippen LogP contribution is -2.41. The summed E-state index contributed by atoms with van der Waals surface area (Å²) < 4.78 is 5.75. The molecule has 3 unspecified atom stereocenters. The third-order valence-corrected chi connectivity index (χ3v) is 4.21. The Kier molecular flexibility index (Phi) is 3.96. The van der Waals surface area contributed by atoms with Gasteiger partial charge >= 0.3 is 0 Å². The van der Waals surface area contributed by atoms with Gasteiger partial charge in [0, 0.05) is 11.1 Å². The Morgan fingerprint density at radius 1 is 1.48 bits per heavy atom. The van der Waals surface area contributed by atoms with Crippen LogP contribution >= 0.6 is 0 Å². The topological polar surface area (TPSA) is 58.6 Å². The zero-order chi connectivity index (χ0) is 14.8. The van der Waals surface area contributed by atoms with Crippen molar-refractivity contribution in [2.75, 3.05) is 6.61 Å². The summed E-state index contributed by atoms with van der Waals surface area (Å²) in [4.78, 5) is 12.3. The number of nitrogens with one attached hydrogen (secondary N) is 1. The fraction of sp³-hybridized carbons (Fsp3) is 0.471. The van der Waals surface area contributed by atoms with Crippen molar-refractivity contribution in [3.05, 3.63) is 34.9 Å². The molecule has 2 aliphatic rings. The van der Waals surface area contributed by atoms with Crippen LogP contribution < -0.4 is 5.32 Å². The molecule has 3 rings (SSSR count). The normalized spacial score (nSPS) is 26.3. The summed E-state index contributed by atoms with van der Waals surface area (Å²) in [6, 6.07) is 5.58. The molecule has 2 bridgehead atoms. The Bertz CT molecular complexity index is 614. The maximum Gasteiger partial charge on any atom is 0.251 e. The van der Waals surface area contributed by atoms with Crippen LogP contribution in [0.4, 0.5) is 0 Å². The van der Waals surface area contributed by atoms with Crippen LogP contribution in [0.1, 0.15) is 40.7 Å². The van der Waals surface area contributed by atoms with Crippen LogP contribution in [0.15, 0.2) is 18.2 Å². The van der Waals surface area contributed by atoms with Crippen LogP contribution in [-0.4, -0.2) is 35.9 Å². The molecule has 0 saturated carbocycles. The minimum atomic E-state index is -0.161. The summed E-state index contributed by atoms with van der Waals surface area (Å²) in [5, 5.41) is 11.8. The van der Waals surface area contributed by atoms with E-state index in [9.17, 15) is 4.79 Å². The number of hydrogen-bond acceptors (Lipinski definition) is 3. The highest BCUT2D eigenvalue weighted by atomic mass is 16.5. The average Bonchev–Trinajstić information content (AvgIpc) is 3.08. The molecule has 21 heavy (non-hydrogen) atoms. The molecule has 2 aliphatic heterocycles. The van der Waals surface area contributed by atoms with E-state index >= 15 is 0 Å². The van der Waals surface area contributed by atoms with Crippen molar-refractivity contribution in [2.45, 2.75) is 44.4 Å². The van der Waals surface area contributed by atoms with Crippen molar-refractivity contribution in [3.8, 4) is 11.8 Å². The Morgan fingerprint density at radius 2 is 2.33 bits per heavy atom. The van der Waals surface area contributed by atoms with Gasteiger partial charge in [-0.25, -0.2) is 0 Å². The van der Waals surface area contributed by atoms with E-state index in [0.717, 1.165) is 30.4 Å². The Morgan fingerprint density at radius 3 is 2.95 bits per heavy atom. The fourth-order valence-electron chi connectivity index (χ4n) is 3.12. The monoisotopic (exact) mass is 285 g/mol. The molecule has 0 aliphatic carbocycles. The number of hydrogen-bond donors (Lipinski definition) is 2. The highest BCUT2D eigenvalue weighted by Crippen LogP contribution is 2.34. The number of ether oxygens (including phenoxy) is 1. The molecule has 110 valence electrons. The van der Waals surface area contributed by atoms with Crippen molar-refractivity contribution in [3.63, 3.8) is 0 Å². The van der Waals surface area contributed by atoms with Crippen molar-refractivity contribution in [2.24, 2.45) is 0 Å². The van der Waals surface area contributed by atoms with Crippen LogP contribution in [0.25, 0.3) is 0 Å². The first kappa shape index (κ1) is 14.1. The fourth-order valence-corrected chi connectivity index (χ4v) is 3.12. The van der Waals surface area contributed by atoms with Gasteiger partial charge in [-0.1, -0.05) is 11.8 Å². The molecule has 2 saturated heterocycles. The predicted octanol–water partition coefficient (Wildman–Crippen LogP) is 1.39. The van der Waals surface area contributed by atoms with Gasteiger partial charge in [0.05, 0.1) is 18.2 Å². The van der Waals surface area contributed by atoms with Gasteiger partial charge in [0.15, 0.2) is 0 Å². The van der Waals surface area contributed by atoms with E-state index in [2.05, 4.69) is 17.2 Å². The number of carbonyl (C=O) groups excluding carboxylic acids is 1. The summed E-state index contributed by atoms with van der Waals surface area (Å²) in [6.45, 7) is 1.75. The number of carbonyl (C=O) groups is 1. The van der Waals surface area contributed by atoms with Gasteiger partial charge in [-0.15, -0.1) is 0 Å². The quantitative estimate of drug-likeness (QED) is 0.807. The van der Waals surface area contributed by atoms with Gasteiger partial charge in [-0.2, -0.15) is 0 Å². The minimum Gasteiger partial charge on any atom is -0.384 e. The number of amides is 1. The predicted molar refractivity (Wildman–Crippen MR) is 78.9 cm³/mol. The molecule has 4 nitrogen and oxygen atoms in total. The van der Waals surface area contributed by atoms with Gasteiger partial charge in [0.1, 0.15) is 6.61 Å². The zero-order valence-corrected chi connectivity index (χ0v) is 12.1. The van der Waals surface area contributed by atoms with Crippen LogP contribution in [-0.2, 0) is 4.74 Å². The molecular weight excluding hydrogens is 266 g/mol. The van der Waals surface area contributed by atoms with Gasteiger partial charge in [-0.3, -0.25) is 4.79 Å². The maximum atomic E-state index is 12.3. The smallest absolute Gasteiger partial charge is 0.251 e. The van der Waals surface area contributed by atoms with Crippen molar-refractivity contribution >= 4 is 5.91 Å². The van der Waals surface area contributed by atoms with E-state index in [-0.39, 0.29) is 24.7 Å². The second-order valence-corrected chi connectivity index (χ2v) is 5.68. The average molecular weight is 285 g/mol. The van der Waals surface area contributed by atoms with Crippen LogP contribution in [0.2, 0.25) is 0 Å². The van der Waals surface area contributed by atoms with E-state index in [0.29, 0.717) is 11.7 Å². The van der Waals surface area contributed by atoms with Gasteiger partial charge in [0.25, 0.3) is 5.91 Å². The summed E-state index contributed by atoms with van der Waals surface area (Å²) in [5.74, 6) is 5.44. The van der Waals surface area contributed by atoms with E-state index in [1.807, 2.05) is 19.1 Å². The van der Waals surface area contributed by atoms with Crippen LogP contribution in [0.5, 0.6) is 0 Å². The van der Waals surface area contributed by atoms with Crippen LogP contribution in [0, 0.1) is 18.8 Å². The third kappa shape index (κ3) is 2.94. The lowest BCUT2D eigenvalue weighted by Gasteiger charge is -2.20. The van der Waals surface area contributed by atoms with Crippen LogP contribution in [0.3, 0.4) is 0 Å². The molecule has 0 aromatic heterocycles. The van der Waals surface area contributed by atoms with Gasteiger partial charge in [0.2, 0.25) is 0 Å². The van der Waals surface area contributed by atoms with Gasteiger partial charge in [-0.05, 0) is 49.9 Å². The molecule has 2 heterocycles. The Hall–Kier alpha value is -1.83.